The molecule has 0 atom stereocenters. The van der Waals surface area contributed by atoms with Gasteiger partial charge in [-0.3, -0.25) is 14.4 Å². The third-order valence-electron chi connectivity index (χ3n) is 5.19. The monoisotopic (exact) mass is 527 g/mol. The number of alkyl halides is 6. The number of carbonyl (C=O) groups is 3. The van der Waals surface area contributed by atoms with Gasteiger partial charge < -0.3 is 16.0 Å². The Labute approximate surface area is 205 Å². The van der Waals surface area contributed by atoms with Gasteiger partial charge >= 0.3 is 23.9 Å². The van der Waals surface area contributed by atoms with Gasteiger partial charge in [-0.15, -0.1) is 0 Å². The Bertz CT molecular complexity index is 1300. The maximum absolute atomic E-state index is 13.1. The Morgan fingerprint density at radius 3 is 2.05 bits per heavy atom. The summed E-state index contributed by atoms with van der Waals surface area (Å²) >= 11 is 0. The summed E-state index contributed by atoms with van der Waals surface area (Å²) in [6.45, 7) is 3.56. The largest absolute Gasteiger partial charge is 0.458 e. The Morgan fingerprint density at radius 1 is 0.892 bits per heavy atom. The highest BCUT2D eigenvalue weighted by molar-refractivity contribution is 6.41. The van der Waals surface area contributed by atoms with Crippen molar-refractivity contribution >= 4 is 39.8 Å². The van der Waals surface area contributed by atoms with Crippen molar-refractivity contribution in [2.75, 3.05) is 36.8 Å². The molecule has 4 rings (SSSR count). The minimum atomic E-state index is -5.77. The van der Waals surface area contributed by atoms with E-state index in [0.29, 0.717) is 11.3 Å². The molecule has 0 unspecified atom stereocenters. The number of hydrogen-bond donors (Lipinski definition) is 2. The molecule has 0 saturated carbocycles. The summed E-state index contributed by atoms with van der Waals surface area (Å²) in [6, 6.07) is 13.3. The molecule has 1 aromatic carbocycles. The van der Waals surface area contributed by atoms with Crippen molar-refractivity contribution in [1.82, 2.24) is 15.3 Å². The normalized spacial score (nSPS) is 14.1. The molecular formula is C23H19F6N5O3. The topological polar surface area (TPSA) is 118 Å². The SMILES string of the molecule is Nc1ncccc1C(=O)c1nc(N2CCNCC2)cc2ccccc12.O=C(C(=O)C(F)(F)F)C(F)(F)F. The van der Waals surface area contributed by atoms with E-state index in [9.17, 15) is 40.7 Å². The van der Waals surface area contributed by atoms with Crippen LogP contribution in [0.1, 0.15) is 16.1 Å². The Kier molecular flexibility index (Phi) is 8.11. The Hall–Kier alpha value is -4.07. The third kappa shape index (κ3) is 6.58. The lowest BCUT2D eigenvalue weighted by atomic mass is 10.0. The zero-order valence-corrected chi connectivity index (χ0v) is 18.9. The van der Waals surface area contributed by atoms with Crippen LogP contribution in [0.3, 0.4) is 0 Å². The van der Waals surface area contributed by atoms with Crippen molar-refractivity contribution < 1.29 is 40.7 Å². The molecule has 14 heteroatoms. The lowest BCUT2D eigenvalue weighted by molar-refractivity contribution is -0.193. The number of anilines is 2. The number of nitrogens with zero attached hydrogens (tertiary/aromatic N) is 3. The summed E-state index contributed by atoms with van der Waals surface area (Å²) in [6.07, 6.45) is -9.96. The van der Waals surface area contributed by atoms with Gasteiger partial charge in [0.2, 0.25) is 5.78 Å². The molecule has 3 heterocycles. The van der Waals surface area contributed by atoms with E-state index in [1.807, 2.05) is 30.3 Å². The van der Waals surface area contributed by atoms with Gasteiger partial charge in [-0.2, -0.15) is 26.3 Å². The van der Waals surface area contributed by atoms with Crippen LogP contribution in [0.5, 0.6) is 0 Å². The number of ketones is 3. The lowest BCUT2D eigenvalue weighted by Crippen LogP contribution is -2.44. The zero-order chi connectivity index (χ0) is 27.4. The van der Waals surface area contributed by atoms with Crippen molar-refractivity contribution in [3.05, 3.63) is 59.9 Å². The van der Waals surface area contributed by atoms with Crippen LogP contribution in [0.25, 0.3) is 10.8 Å². The van der Waals surface area contributed by atoms with Gasteiger partial charge in [-0.05, 0) is 23.6 Å². The minimum absolute atomic E-state index is 0.196. The highest BCUT2D eigenvalue weighted by Gasteiger charge is 2.54. The third-order valence-corrected chi connectivity index (χ3v) is 5.19. The van der Waals surface area contributed by atoms with Crippen LogP contribution in [-0.4, -0.2) is 65.8 Å². The maximum Gasteiger partial charge on any atom is 0.458 e. The number of rotatable bonds is 4. The van der Waals surface area contributed by atoms with Crippen molar-refractivity contribution in [3.8, 4) is 0 Å². The van der Waals surface area contributed by atoms with Crippen LogP contribution in [0, 0.1) is 0 Å². The first kappa shape index (κ1) is 27.5. The van der Waals surface area contributed by atoms with Gasteiger partial charge in [-0.25, -0.2) is 9.97 Å². The van der Waals surface area contributed by atoms with Gasteiger partial charge in [0.05, 0.1) is 5.56 Å². The van der Waals surface area contributed by atoms with Crippen molar-refractivity contribution in [3.63, 3.8) is 0 Å². The number of piperazine rings is 1. The second kappa shape index (κ2) is 10.9. The van der Waals surface area contributed by atoms with Crippen molar-refractivity contribution in [1.29, 1.82) is 0 Å². The van der Waals surface area contributed by atoms with Gasteiger partial charge in [0, 0.05) is 37.8 Å². The molecule has 37 heavy (non-hydrogen) atoms. The number of hydrogen-bond acceptors (Lipinski definition) is 8. The molecule has 0 aliphatic carbocycles. The van der Waals surface area contributed by atoms with Gasteiger partial charge in [0.15, 0.2) is 0 Å². The van der Waals surface area contributed by atoms with Crippen LogP contribution >= 0.6 is 0 Å². The number of fused-ring (bicyclic) bond motifs is 1. The molecule has 0 radical (unpaired) electrons. The molecule has 0 spiro atoms. The predicted molar refractivity (Wildman–Crippen MR) is 121 cm³/mol. The minimum Gasteiger partial charge on any atom is -0.383 e. The van der Waals surface area contributed by atoms with Gasteiger partial charge in [-0.1, -0.05) is 24.3 Å². The number of nitrogen functional groups attached to an aromatic ring is 1. The number of Topliss-reactive ketones (excluding diaryl/α,β-unsaturated/α-hetero) is 2. The highest BCUT2D eigenvalue weighted by Crippen LogP contribution is 2.26. The van der Waals surface area contributed by atoms with E-state index in [-0.39, 0.29) is 11.6 Å². The summed E-state index contributed by atoms with van der Waals surface area (Å²) in [5.41, 5.74) is 6.71. The molecule has 3 aromatic rings. The summed E-state index contributed by atoms with van der Waals surface area (Å²) in [5.74, 6) is -5.96. The fourth-order valence-corrected chi connectivity index (χ4v) is 3.41. The average molecular weight is 527 g/mol. The summed E-state index contributed by atoms with van der Waals surface area (Å²) in [7, 11) is 0. The maximum atomic E-state index is 13.1. The molecule has 3 N–H and O–H groups in total. The molecule has 1 fully saturated rings. The summed E-state index contributed by atoms with van der Waals surface area (Å²) in [4.78, 5) is 43.3. The molecule has 2 aromatic heterocycles. The van der Waals surface area contributed by atoms with E-state index < -0.39 is 23.9 Å². The molecule has 0 bridgehead atoms. The van der Waals surface area contributed by atoms with Crippen LogP contribution < -0.4 is 16.0 Å². The molecule has 196 valence electrons. The first-order valence-electron chi connectivity index (χ1n) is 10.6. The number of benzene rings is 1. The van der Waals surface area contributed by atoms with Gasteiger partial charge in [0.25, 0.3) is 0 Å². The van der Waals surface area contributed by atoms with E-state index in [0.717, 1.165) is 42.8 Å². The fraction of sp³-hybridized carbons (Fsp3) is 0.261. The number of halogens is 6. The number of carbonyl (C=O) groups excluding carboxylic acids is 3. The van der Waals surface area contributed by atoms with Gasteiger partial charge in [0.1, 0.15) is 17.3 Å². The number of nitrogens with two attached hydrogens (primary N) is 1. The Morgan fingerprint density at radius 2 is 1.49 bits per heavy atom. The smallest absolute Gasteiger partial charge is 0.383 e. The summed E-state index contributed by atoms with van der Waals surface area (Å²) in [5, 5.41) is 5.16. The predicted octanol–water partition coefficient (Wildman–Crippen LogP) is 3.10. The quantitative estimate of drug-likeness (QED) is 0.302. The number of aromatic nitrogens is 2. The number of pyridine rings is 2. The van der Waals surface area contributed by atoms with Crippen LogP contribution in [-0.2, 0) is 9.59 Å². The van der Waals surface area contributed by atoms with E-state index in [4.69, 9.17) is 10.7 Å². The highest BCUT2D eigenvalue weighted by atomic mass is 19.4. The lowest BCUT2D eigenvalue weighted by Gasteiger charge is -2.29. The first-order chi connectivity index (χ1) is 17.3. The molecule has 1 aliphatic rings. The second-order valence-corrected chi connectivity index (χ2v) is 7.71. The van der Waals surface area contributed by atoms with E-state index >= 15 is 0 Å². The van der Waals surface area contributed by atoms with E-state index in [1.165, 1.54) is 0 Å². The zero-order valence-electron chi connectivity index (χ0n) is 18.9. The van der Waals surface area contributed by atoms with Crippen LogP contribution in [0.2, 0.25) is 0 Å². The second-order valence-electron chi connectivity index (χ2n) is 7.71. The average Bonchev–Trinajstić information content (AvgIpc) is 2.87. The molecule has 1 saturated heterocycles. The molecule has 0 amide bonds. The molecular weight excluding hydrogens is 508 g/mol. The number of nitrogens with one attached hydrogen (secondary N) is 1. The van der Waals surface area contributed by atoms with Crippen LogP contribution in [0.4, 0.5) is 38.0 Å². The summed E-state index contributed by atoms with van der Waals surface area (Å²) < 4.78 is 67.0. The van der Waals surface area contributed by atoms with Crippen molar-refractivity contribution in [2.24, 2.45) is 0 Å². The molecule has 1 aliphatic heterocycles. The Balaban J connectivity index is 0.000000270. The standard InChI is InChI=1S/C19H19N5O.C4F6O2/c20-19-15(6-3-7-22-19)18(25)17-14-5-2-1-4-13(14)12-16(23-17)24-10-8-21-9-11-24;5-3(6,7)1(11)2(12)4(8,9)10/h1-7,12,21H,8-11H2,(H2,20,22);. The van der Waals surface area contributed by atoms with E-state index in [2.05, 4.69) is 15.2 Å². The van der Waals surface area contributed by atoms with Crippen molar-refractivity contribution in [2.45, 2.75) is 12.4 Å². The molecule has 8 nitrogen and oxygen atoms in total. The fourth-order valence-electron chi connectivity index (χ4n) is 3.41. The first-order valence-corrected chi connectivity index (χ1v) is 10.6. The van der Waals surface area contributed by atoms with Crippen LogP contribution in [0.15, 0.2) is 48.7 Å². The van der Waals surface area contributed by atoms with E-state index in [1.54, 1.807) is 18.3 Å².